The zero-order valence-corrected chi connectivity index (χ0v) is 16.8. The van der Waals surface area contributed by atoms with Crippen LogP contribution in [0.25, 0.3) is 0 Å². The van der Waals surface area contributed by atoms with Gasteiger partial charge in [0.25, 0.3) is 11.6 Å². The topological polar surface area (TPSA) is 114 Å². The third-order valence-corrected chi connectivity index (χ3v) is 5.54. The fraction of sp³-hybridized carbons (Fsp3) is 0.105. The van der Waals surface area contributed by atoms with Crippen molar-refractivity contribution in [3.63, 3.8) is 0 Å². The summed E-state index contributed by atoms with van der Waals surface area (Å²) in [5, 5.41) is 18.3. The van der Waals surface area contributed by atoms with E-state index in [0.29, 0.717) is 10.8 Å². The highest BCUT2D eigenvalue weighted by molar-refractivity contribution is 8.00. The normalized spacial score (nSPS) is 11.5. The van der Waals surface area contributed by atoms with Crippen LogP contribution in [0.5, 0.6) is 0 Å². The molecule has 0 aliphatic heterocycles. The van der Waals surface area contributed by atoms with Gasteiger partial charge in [-0.15, -0.1) is 23.1 Å². The van der Waals surface area contributed by atoms with Crippen LogP contribution in [0.2, 0.25) is 0 Å². The molecular formula is C19H16N4O4S2. The van der Waals surface area contributed by atoms with E-state index >= 15 is 0 Å². The first-order valence-corrected chi connectivity index (χ1v) is 10.2. The maximum absolute atomic E-state index is 12.4. The first kappa shape index (κ1) is 20.5. The SMILES string of the molecule is CC(Sc1cccc(NC(=O)c2cccc([N+](=O)[O-])c2)c1)C(=O)Nc1nccs1. The lowest BCUT2D eigenvalue weighted by Gasteiger charge is -2.12. The van der Waals surface area contributed by atoms with Crippen molar-refractivity contribution in [3.05, 3.63) is 75.8 Å². The molecule has 0 fully saturated rings. The second kappa shape index (κ2) is 9.30. The molecule has 2 aromatic carbocycles. The molecule has 1 heterocycles. The average molecular weight is 428 g/mol. The van der Waals surface area contributed by atoms with Crippen molar-refractivity contribution in [3.8, 4) is 0 Å². The minimum absolute atomic E-state index is 0.151. The largest absolute Gasteiger partial charge is 0.322 e. The summed E-state index contributed by atoms with van der Waals surface area (Å²) in [4.78, 5) is 39.8. The fourth-order valence-corrected chi connectivity index (χ4v) is 3.82. The molecule has 1 aromatic heterocycles. The van der Waals surface area contributed by atoms with Crippen LogP contribution >= 0.6 is 23.1 Å². The van der Waals surface area contributed by atoms with E-state index in [2.05, 4.69) is 15.6 Å². The quantitative estimate of drug-likeness (QED) is 0.327. The van der Waals surface area contributed by atoms with E-state index in [1.54, 1.807) is 36.7 Å². The van der Waals surface area contributed by atoms with Gasteiger partial charge in [0.1, 0.15) is 0 Å². The summed E-state index contributed by atoms with van der Waals surface area (Å²) >= 11 is 2.68. The van der Waals surface area contributed by atoms with Crippen molar-refractivity contribution >= 4 is 51.4 Å². The molecule has 0 spiro atoms. The third kappa shape index (κ3) is 5.62. The molecule has 1 atom stereocenters. The number of hydrogen-bond acceptors (Lipinski definition) is 7. The number of benzene rings is 2. The number of carbonyl (C=O) groups is 2. The highest BCUT2D eigenvalue weighted by Gasteiger charge is 2.16. The third-order valence-electron chi connectivity index (χ3n) is 3.76. The van der Waals surface area contributed by atoms with Gasteiger partial charge >= 0.3 is 0 Å². The lowest BCUT2D eigenvalue weighted by Crippen LogP contribution is -2.22. The number of nitrogens with one attached hydrogen (secondary N) is 2. The summed E-state index contributed by atoms with van der Waals surface area (Å²) in [6, 6.07) is 12.6. The second-order valence-electron chi connectivity index (χ2n) is 5.88. The number of nitro benzene ring substituents is 1. The Morgan fingerprint density at radius 1 is 1.17 bits per heavy atom. The predicted molar refractivity (Wildman–Crippen MR) is 114 cm³/mol. The molecule has 3 aromatic rings. The first-order valence-electron chi connectivity index (χ1n) is 8.45. The number of anilines is 2. The van der Waals surface area contributed by atoms with Gasteiger partial charge in [-0.25, -0.2) is 4.98 Å². The zero-order valence-electron chi connectivity index (χ0n) is 15.2. The number of hydrogen-bond donors (Lipinski definition) is 2. The van der Waals surface area contributed by atoms with Crippen molar-refractivity contribution < 1.29 is 14.5 Å². The number of thioether (sulfide) groups is 1. The molecule has 0 aliphatic carbocycles. The summed E-state index contributed by atoms with van der Waals surface area (Å²) in [5.74, 6) is -0.624. The summed E-state index contributed by atoms with van der Waals surface area (Å²) in [5.41, 5.74) is 0.564. The molecule has 10 heteroatoms. The molecule has 0 saturated carbocycles. The maximum Gasteiger partial charge on any atom is 0.270 e. The van der Waals surface area contributed by atoms with E-state index in [4.69, 9.17) is 0 Å². The second-order valence-corrected chi connectivity index (χ2v) is 8.18. The number of aromatic nitrogens is 1. The van der Waals surface area contributed by atoms with E-state index in [-0.39, 0.29) is 22.4 Å². The van der Waals surface area contributed by atoms with Crippen molar-refractivity contribution in [2.24, 2.45) is 0 Å². The van der Waals surface area contributed by atoms with Crippen LogP contribution in [0.4, 0.5) is 16.5 Å². The number of rotatable bonds is 7. The number of nitro groups is 1. The smallest absolute Gasteiger partial charge is 0.270 e. The maximum atomic E-state index is 12.4. The molecule has 0 bridgehead atoms. The lowest BCUT2D eigenvalue weighted by molar-refractivity contribution is -0.384. The van der Waals surface area contributed by atoms with Crippen LogP contribution < -0.4 is 10.6 Å². The van der Waals surface area contributed by atoms with Gasteiger partial charge in [-0.05, 0) is 31.2 Å². The molecule has 1 unspecified atom stereocenters. The molecule has 148 valence electrons. The van der Waals surface area contributed by atoms with Gasteiger partial charge in [0.15, 0.2) is 5.13 Å². The van der Waals surface area contributed by atoms with Gasteiger partial charge < -0.3 is 10.6 Å². The summed E-state index contributed by atoms with van der Waals surface area (Å²) in [6.07, 6.45) is 1.62. The van der Waals surface area contributed by atoms with Gasteiger partial charge in [0, 0.05) is 39.9 Å². The van der Waals surface area contributed by atoms with Crippen molar-refractivity contribution in [2.45, 2.75) is 17.1 Å². The highest BCUT2D eigenvalue weighted by Crippen LogP contribution is 2.27. The fourth-order valence-electron chi connectivity index (χ4n) is 2.36. The summed E-state index contributed by atoms with van der Waals surface area (Å²) in [7, 11) is 0. The van der Waals surface area contributed by atoms with Crippen molar-refractivity contribution in [2.75, 3.05) is 10.6 Å². The van der Waals surface area contributed by atoms with Gasteiger partial charge in [-0.2, -0.15) is 0 Å². The molecule has 2 amide bonds. The van der Waals surface area contributed by atoms with E-state index in [1.165, 1.54) is 47.4 Å². The summed E-state index contributed by atoms with van der Waals surface area (Å²) in [6.45, 7) is 1.78. The number of thiazole rings is 1. The lowest BCUT2D eigenvalue weighted by atomic mass is 10.2. The Hall–Kier alpha value is -3.24. The van der Waals surface area contributed by atoms with Crippen LogP contribution in [0.15, 0.2) is 65.0 Å². The Balaban J connectivity index is 1.64. The predicted octanol–water partition coefficient (Wildman–Crippen LogP) is 4.42. The minimum Gasteiger partial charge on any atom is -0.322 e. The number of carbonyl (C=O) groups excluding carboxylic acids is 2. The van der Waals surface area contributed by atoms with Crippen molar-refractivity contribution in [1.82, 2.24) is 4.98 Å². The van der Waals surface area contributed by atoms with Crippen LogP contribution in [-0.4, -0.2) is 27.0 Å². The van der Waals surface area contributed by atoms with E-state index in [0.717, 1.165) is 4.90 Å². The molecule has 0 radical (unpaired) electrons. The van der Waals surface area contributed by atoms with E-state index < -0.39 is 10.8 Å². The number of amides is 2. The minimum atomic E-state index is -0.549. The van der Waals surface area contributed by atoms with Crippen LogP contribution in [0.1, 0.15) is 17.3 Å². The Bertz CT molecular complexity index is 1040. The van der Waals surface area contributed by atoms with Crippen LogP contribution in [-0.2, 0) is 4.79 Å². The van der Waals surface area contributed by atoms with Gasteiger partial charge in [-0.3, -0.25) is 19.7 Å². The molecule has 8 nitrogen and oxygen atoms in total. The highest BCUT2D eigenvalue weighted by atomic mass is 32.2. The number of non-ortho nitro benzene ring substituents is 1. The molecular weight excluding hydrogens is 412 g/mol. The monoisotopic (exact) mass is 428 g/mol. The molecule has 3 rings (SSSR count). The Labute approximate surface area is 174 Å². The van der Waals surface area contributed by atoms with Crippen LogP contribution in [0, 0.1) is 10.1 Å². The summed E-state index contributed by atoms with van der Waals surface area (Å²) < 4.78 is 0. The first-order chi connectivity index (χ1) is 13.9. The van der Waals surface area contributed by atoms with E-state index in [9.17, 15) is 19.7 Å². The van der Waals surface area contributed by atoms with Gasteiger partial charge in [0.05, 0.1) is 10.2 Å². The standard InChI is InChI=1S/C19H16N4O4S2/c1-12(17(24)22-19-20-8-9-28-19)29-16-7-3-5-14(11-16)21-18(25)13-4-2-6-15(10-13)23(26)27/h2-12H,1H3,(H,21,25)(H,20,22,24). The van der Waals surface area contributed by atoms with E-state index in [1.807, 2.05) is 6.07 Å². The average Bonchev–Trinajstić information content (AvgIpc) is 3.21. The molecule has 2 N–H and O–H groups in total. The van der Waals surface area contributed by atoms with Crippen molar-refractivity contribution in [1.29, 1.82) is 0 Å². The van der Waals surface area contributed by atoms with Gasteiger partial charge in [0.2, 0.25) is 5.91 Å². The number of nitrogens with zero attached hydrogens (tertiary/aromatic N) is 2. The molecule has 0 aliphatic rings. The zero-order chi connectivity index (χ0) is 20.8. The van der Waals surface area contributed by atoms with Crippen LogP contribution in [0.3, 0.4) is 0 Å². The Kier molecular flexibility index (Phi) is 6.57. The van der Waals surface area contributed by atoms with Gasteiger partial charge in [-0.1, -0.05) is 12.1 Å². The Morgan fingerprint density at radius 3 is 2.69 bits per heavy atom. The molecule has 0 saturated heterocycles. The molecule has 29 heavy (non-hydrogen) atoms. The Morgan fingerprint density at radius 2 is 1.97 bits per heavy atom.